The van der Waals surface area contributed by atoms with Crippen LogP contribution in [0.2, 0.25) is 0 Å². The van der Waals surface area contributed by atoms with Gasteiger partial charge in [0.2, 0.25) is 0 Å². The predicted octanol–water partition coefficient (Wildman–Crippen LogP) is 1.88. The second-order valence-corrected chi connectivity index (χ2v) is 8.07. The minimum Gasteiger partial charge on any atom is -0.376 e. The van der Waals surface area contributed by atoms with Crippen LogP contribution in [0.15, 0.2) is 24.5 Å². The number of pyridine rings is 1. The summed E-state index contributed by atoms with van der Waals surface area (Å²) in [5.41, 5.74) is -0.438. The lowest BCUT2D eigenvalue weighted by Crippen LogP contribution is -2.41. The fourth-order valence-corrected chi connectivity index (χ4v) is 4.47. The van der Waals surface area contributed by atoms with Gasteiger partial charge in [-0.15, -0.1) is 0 Å². The Balaban J connectivity index is 1.37. The summed E-state index contributed by atoms with van der Waals surface area (Å²) in [5.74, 6) is 0.0932. The van der Waals surface area contributed by atoms with Crippen molar-refractivity contribution >= 4 is 5.91 Å². The Morgan fingerprint density at radius 2 is 2.24 bits per heavy atom. The number of hydrogen-bond donors (Lipinski definition) is 0. The fourth-order valence-electron chi connectivity index (χ4n) is 4.47. The summed E-state index contributed by atoms with van der Waals surface area (Å²) in [6, 6.07) is 3.92. The van der Waals surface area contributed by atoms with Gasteiger partial charge in [0.25, 0.3) is 5.91 Å². The SMILES string of the molecule is CN1C[C@@H](COCc2cccnc2)[C@]2(CCN(C(=O)C3(F)CC3)C2)C1. The molecule has 0 N–H and O–H groups in total. The monoisotopic (exact) mass is 347 g/mol. The maximum absolute atomic E-state index is 14.2. The molecule has 1 amide bonds. The van der Waals surface area contributed by atoms with Crippen LogP contribution in [-0.4, -0.2) is 66.2 Å². The zero-order chi connectivity index (χ0) is 17.5. The molecule has 4 rings (SSSR count). The highest BCUT2D eigenvalue weighted by Crippen LogP contribution is 2.47. The molecule has 2 aliphatic heterocycles. The molecule has 0 aromatic carbocycles. The lowest BCUT2D eigenvalue weighted by Gasteiger charge is -2.30. The lowest BCUT2D eigenvalue weighted by molar-refractivity contribution is -0.137. The van der Waals surface area contributed by atoms with E-state index in [4.69, 9.17) is 4.74 Å². The van der Waals surface area contributed by atoms with Gasteiger partial charge in [-0.2, -0.15) is 0 Å². The first-order valence-electron chi connectivity index (χ1n) is 9.14. The molecule has 1 saturated carbocycles. The van der Waals surface area contributed by atoms with Crippen LogP contribution in [-0.2, 0) is 16.1 Å². The highest BCUT2D eigenvalue weighted by Gasteiger charge is 2.57. The first-order valence-corrected chi connectivity index (χ1v) is 9.14. The van der Waals surface area contributed by atoms with E-state index in [0.717, 1.165) is 25.1 Å². The standard InChI is InChI=1S/C19H26FN3O2/c1-22-10-16(12-25-11-15-3-2-7-21-9-15)18(13-22)6-8-23(14-18)17(24)19(20)4-5-19/h2-3,7,9,16H,4-6,8,10-14H2,1H3/t16-,18+/m0/s1. The third-order valence-electron chi connectivity index (χ3n) is 6.04. The highest BCUT2D eigenvalue weighted by atomic mass is 19.1. The van der Waals surface area contributed by atoms with E-state index >= 15 is 0 Å². The molecule has 25 heavy (non-hydrogen) atoms. The van der Waals surface area contributed by atoms with Gasteiger partial charge in [0.15, 0.2) is 5.67 Å². The van der Waals surface area contributed by atoms with Crippen molar-refractivity contribution in [2.75, 3.05) is 39.8 Å². The summed E-state index contributed by atoms with van der Waals surface area (Å²) < 4.78 is 20.1. The summed E-state index contributed by atoms with van der Waals surface area (Å²) >= 11 is 0. The van der Waals surface area contributed by atoms with E-state index in [-0.39, 0.29) is 11.3 Å². The second kappa shape index (κ2) is 6.32. The largest absolute Gasteiger partial charge is 0.376 e. The van der Waals surface area contributed by atoms with Gasteiger partial charge in [-0.3, -0.25) is 9.78 Å². The first kappa shape index (κ1) is 16.9. The summed E-state index contributed by atoms with van der Waals surface area (Å²) in [7, 11) is 2.12. The fraction of sp³-hybridized carbons (Fsp3) is 0.684. The van der Waals surface area contributed by atoms with Crippen molar-refractivity contribution in [3.8, 4) is 0 Å². The smallest absolute Gasteiger partial charge is 0.260 e. The maximum atomic E-state index is 14.2. The summed E-state index contributed by atoms with van der Waals surface area (Å²) in [5, 5.41) is 0. The molecule has 1 aliphatic carbocycles. The molecule has 1 spiro atoms. The highest BCUT2D eigenvalue weighted by molar-refractivity contribution is 5.88. The quantitative estimate of drug-likeness (QED) is 0.816. The van der Waals surface area contributed by atoms with Crippen molar-refractivity contribution in [3.63, 3.8) is 0 Å². The van der Waals surface area contributed by atoms with Crippen LogP contribution >= 0.6 is 0 Å². The molecule has 1 aromatic heterocycles. The number of alkyl halides is 1. The van der Waals surface area contributed by atoms with E-state index in [9.17, 15) is 9.18 Å². The zero-order valence-electron chi connectivity index (χ0n) is 14.8. The molecule has 3 fully saturated rings. The van der Waals surface area contributed by atoms with Crippen LogP contribution in [0.1, 0.15) is 24.8 Å². The number of carbonyl (C=O) groups is 1. The van der Waals surface area contributed by atoms with Crippen molar-refractivity contribution in [1.82, 2.24) is 14.8 Å². The molecular weight excluding hydrogens is 321 g/mol. The predicted molar refractivity (Wildman–Crippen MR) is 91.6 cm³/mol. The van der Waals surface area contributed by atoms with E-state index in [1.54, 1.807) is 11.1 Å². The Hall–Kier alpha value is -1.53. The van der Waals surface area contributed by atoms with E-state index in [2.05, 4.69) is 16.9 Å². The molecule has 136 valence electrons. The van der Waals surface area contributed by atoms with Crippen molar-refractivity contribution in [3.05, 3.63) is 30.1 Å². The molecule has 2 atom stereocenters. The number of carbonyl (C=O) groups excluding carboxylic acids is 1. The third-order valence-corrected chi connectivity index (χ3v) is 6.04. The number of aromatic nitrogens is 1. The topological polar surface area (TPSA) is 45.7 Å². The average Bonchev–Trinajstić information content (AvgIpc) is 3.10. The molecule has 3 aliphatic rings. The molecule has 1 aromatic rings. The van der Waals surface area contributed by atoms with Crippen LogP contribution in [0.25, 0.3) is 0 Å². The molecule has 2 saturated heterocycles. The van der Waals surface area contributed by atoms with Gasteiger partial charge in [-0.25, -0.2) is 4.39 Å². The van der Waals surface area contributed by atoms with Crippen molar-refractivity contribution < 1.29 is 13.9 Å². The van der Waals surface area contributed by atoms with Gasteiger partial charge >= 0.3 is 0 Å². The minimum absolute atomic E-state index is 0.0462. The van der Waals surface area contributed by atoms with E-state index in [0.29, 0.717) is 45.1 Å². The Morgan fingerprint density at radius 1 is 1.40 bits per heavy atom. The van der Waals surface area contributed by atoms with E-state index < -0.39 is 5.67 Å². The number of amides is 1. The molecule has 3 heterocycles. The summed E-state index contributed by atoms with van der Waals surface area (Å²) in [4.78, 5) is 20.5. The lowest BCUT2D eigenvalue weighted by atomic mass is 9.77. The third kappa shape index (κ3) is 3.29. The number of hydrogen-bond acceptors (Lipinski definition) is 4. The molecule has 0 unspecified atom stereocenters. The van der Waals surface area contributed by atoms with E-state index in [1.165, 1.54) is 0 Å². The molecule has 5 nitrogen and oxygen atoms in total. The number of likely N-dealkylation sites (tertiary alicyclic amines) is 2. The van der Waals surface area contributed by atoms with Crippen molar-refractivity contribution in [2.24, 2.45) is 11.3 Å². The van der Waals surface area contributed by atoms with Gasteiger partial charge in [0.05, 0.1) is 13.2 Å². The van der Waals surface area contributed by atoms with Gasteiger partial charge in [0, 0.05) is 49.9 Å². The average molecular weight is 347 g/mol. The second-order valence-electron chi connectivity index (χ2n) is 8.07. The molecule has 0 radical (unpaired) electrons. The molecule has 6 heteroatoms. The Labute approximate surface area is 148 Å². The Bertz CT molecular complexity index is 637. The Morgan fingerprint density at radius 3 is 2.96 bits per heavy atom. The number of rotatable bonds is 5. The minimum atomic E-state index is -1.55. The van der Waals surface area contributed by atoms with Crippen LogP contribution < -0.4 is 0 Å². The van der Waals surface area contributed by atoms with E-state index in [1.807, 2.05) is 18.3 Å². The number of ether oxygens (including phenoxy) is 1. The maximum Gasteiger partial charge on any atom is 0.260 e. The number of halogens is 1. The van der Waals surface area contributed by atoms with Crippen LogP contribution in [0, 0.1) is 11.3 Å². The molecule has 0 bridgehead atoms. The van der Waals surface area contributed by atoms with Gasteiger partial charge in [-0.1, -0.05) is 6.07 Å². The van der Waals surface area contributed by atoms with Crippen molar-refractivity contribution in [2.45, 2.75) is 31.5 Å². The summed E-state index contributed by atoms with van der Waals surface area (Å²) in [6.07, 6.45) is 5.31. The normalized spacial score (nSPS) is 31.0. The van der Waals surface area contributed by atoms with Crippen LogP contribution in [0.4, 0.5) is 4.39 Å². The summed E-state index contributed by atoms with van der Waals surface area (Å²) in [6.45, 7) is 4.50. The van der Waals surface area contributed by atoms with Gasteiger partial charge < -0.3 is 14.5 Å². The first-order chi connectivity index (χ1) is 12.0. The Kier molecular flexibility index (Phi) is 4.28. The van der Waals surface area contributed by atoms with Gasteiger partial charge in [-0.05, 0) is 37.9 Å². The zero-order valence-corrected chi connectivity index (χ0v) is 14.8. The van der Waals surface area contributed by atoms with Gasteiger partial charge in [0.1, 0.15) is 0 Å². The van der Waals surface area contributed by atoms with Crippen molar-refractivity contribution in [1.29, 1.82) is 0 Å². The molecular formula is C19H26FN3O2. The van der Waals surface area contributed by atoms with Crippen LogP contribution in [0.3, 0.4) is 0 Å². The number of nitrogens with zero attached hydrogens (tertiary/aromatic N) is 3. The van der Waals surface area contributed by atoms with Crippen LogP contribution in [0.5, 0.6) is 0 Å².